The molecule has 2 aromatic rings. The molecule has 0 radical (unpaired) electrons. The standard InChI is InChI=1S/C26H34O6/c1-5-23(19-9-13-21(14-10-19)31-17-25(27)29-7-3)24(6-2)20-11-15-22(16-12-20)32-18-26(28)30-8-4/h9-16,23-24H,5-8,17-18H2,1-4H3/t23-,24-/m1/s1. The molecule has 0 amide bonds. The molecule has 0 unspecified atom stereocenters. The molecule has 32 heavy (non-hydrogen) atoms. The van der Waals surface area contributed by atoms with Gasteiger partial charge in [-0.1, -0.05) is 38.1 Å². The van der Waals surface area contributed by atoms with Gasteiger partial charge in [-0.2, -0.15) is 0 Å². The lowest BCUT2D eigenvalue weighted by atomic mass is 9.78. The lowest BCUT2D eigenvalue weighted by molar-refractivity contribution is -0.146. The monoisotopic (exact) mass is 442 g/mol. The summed E-state index contributed by atoms with van der Waals surface area (Å²) in [5, 5.41) is 0. The highest BCUT2D eigenvalue weighted by Crippen LogP contribution is 2.38. The van der Waals surface area contributed by atoms with Gasteiger partial charge in [0.15, 0.2) is 13.2 Å². The molecule has 0 spiro atoms. The highest BCUT2D eigenvalue weighted by molar-refractivity contribution is 5.71. The van der Waals surface area contributed by atoms with Crippen LogP contribution in [0.15, 0.2) is 48.5 Å². The Labute approximate surface area is 190 Å². The van der Waals surface area contributed by atoms with Crippen LogP contribution in [0.5, 0.6) is 11.5 Å². The van der Waals surface area contributed by atoms with Gasteiger partial charge >= 0.3 is 11.9 Å². The minimum absolute atomic E-state index is 0.0907. The molecule has 0 N–H and O–H groups in total. The van der Waals surface area contributed by atoms with E-state index in [4.69, 9.17) is 18.9 Å². The molecule has 2 atom stereocenters. The Morgan fingerprint density at radius 3 is 1.25 bits per heavy atom. The van der Waals surface area contributed by atoms with Crippen LogP contribution in [-0.2, 0) is 19.1 Å². The van der Waals surface area contributed by atoms with Gasteiger partial charge in [-0.15, -0.1) is 0 Å². The van der Waals surface area contributed by atoms with E-state index in [1.165, 1.54) is 11.1 Å². The van der Waals surface area contributed by atoms with Crippen LogP contribution in [0.4, 0.5) is 0 Å². The predicted molar refractivity (Wildman–Crippen MR) is 123 cm³/mol. The highest BCUT2D eigenvalue weighted by atomic mass is 16.6. The maximum Gasteiger partial charge on any atom is 0.344 e. The molecule has 6 heteroatoms. The first-order chi connectivity index (χ1) is 15.5. The second kappa shape index (κ2) is 13.4. The largest absolute Gasteiger partial charge is 0.482 e. The molecule has 0 aliphatic rings. The van der Waals surface area contributed by atoms with Crippen LogP contribution in [0.2, 0.25) is 0 Å². The van der Waals surface area contributed by atoms with Crippen LogP contribution in [0, 0.1) is 0 Å². The number of hydrogen-bond donors (Lipinski definition) is 0. The van der Waals surface area contributed by atoms with Crippen molar-refractivity contribution in [1.29, 1.82) is 0 Å². The molecule has 0 heterocycles. The van der Waals surface area contributed by atoms with E-state index in [2.05, 4.69) is 38.1 Å². The van der Waals surface area contributed by atoms with Crippen LogP contribution >= 0.6 is 0 Å². The average Bonchev–Trinajstić information content (AvgIpc) is 2.81. The lowest BCUT2D eigenvalue weighted by Gasteiger charge is -2.26. The summed E-state index contributed by atoms with van der Waals surface area (Å²) in [7, 11) is 0. The van der Waals surface area contributed by atoms with Crippen LogP contribution in [-0.4, -0.2) is 38.4 Å². The first-order valence-electron chi connectivity index (χ1n) is 11.3. The molecule has 174 valence electrons. The second-order valence-electron chi connectivity index (χ2n) is 7.35. The number of benzene rings is 2. The molecule has 0 fully saturated rings. The summed E-state index contributed by atoms with van der Waals surface area (Å²) >= 11 is 0. The van der Waals surface area contributed by atoms with Crippen LogP contribution in [0.25, 0.3) is 0 Å². The second-order valence-corrected chi connectivity index (χ2v) is 7.35. The quantitative estimate of drug-likeness (QED) is 0.394. The first kappa shape index (κ1) is 25.2. The van der Waals surface area contributed by atoms with Crippen molar-refractivity contribution in [1.82, 2.24) is 0 Å². The van der Waals surface area contributed by atoms with Gasteiger partial charge in [-0.05, 0) is 73.9 Å². The highest BCUT2D eigenvalue weighted by Gasteiger charge is 2.22. The van der Waals surface area contributed by atoms with Gasteiger partial charge in [0.1, 0.15) is 11.5 Å². The third-order valence-corrected chi connectivity index (χ3v) is 5.31. The van der Waals surface area contributed by atoms with Gasteiger partial charge in [-0.3, -0.25) is 0 Å². The lowest BCUT2D eigenvalue weighted by Crippen LogP contribution is -2.15. The van der Waals surface area contributed by atoms with Crippen LogP contribution in [0.3, 0.4) is 0 Å². The summed E-state index contributed by atoms with van der Waals surface area (Å²) in [4.78, 5) is 22.9. The number of ether oxygens (including phenoxy) is 4. The molecular weight excluding hydrogens is 408 g/mol. The van der Waals surface area contributed by atoms with Crippen LogP contribution in [0.1, 0.15) is 63.5 Å². The summed E-state index contributed by atoms with van der Waals surface area (Å²) in [6.45, 7) is 8.42. The van der Waals surface area contributed by atoms with Gasteiger partial charge in [0.25, 0.3) is 0 Å². The Balaban J connectivity index is 2.04. The number of esters is 2. The molecule has 0 saturated carbocycles. The predicted octanol–water partition coefficient (Wildman–Crippen LogP) is 5.26. The van der Waals surface area contributed by atoms with Crippen LogP contribution < -0.4 is 9.47 Å². The average molecular weight is 443 g/mol. The third-order valence-electron chi connectivity index (χ3n) is 5.31. The van der Waals surface area contributed by atoms with Crippen molar-refractivity contribution in [2.45, 2.75) is 52.4 Å². The first-order valence-corrected chi connectivity index (χ1v) is 11.3. The van der Waals surface area contributed by atoms with Crippen molar-refractivity contribution in [2.75, 3.05) is 26.4 Å². The fraction of sp³-hybridized carbons (Fsp3) is 0.462. The summed E-state index contributed by atoms with van der Waals surface area (Å²) in [5.41, 5.74) is 2.45. The number of rotatable bonds is 13. The fourth-order valence-corrected chi connectivity index (χ4v) is 3.82. The van der Waals surface area contributed by atoms with Crippen molar-refractivity contribution >= 4 is 11.9 Å². The Hall–Kier alpha value is -3.02. The summed E-state index contributed by atoms with van der Waals surface area (Å²) < 4.78 is 20.8. The van der Waals surface area contributed by atoms with Crippen molar-refractivity contribution in [3.63, 3.8) is 0 Å². The van der Waals surface area contributed by atoms with Crippen molar-refractivity contribution < 1.29 is 28.5 Å². The summed E-state index contributed by atoms with van der Waals surface area (Å²) in [6.07, 6.45) is 1.98. The molecule has 0 aliphatic carbocycles. The topological polar surface area (TPSA) is 71.1 Å². The third kappa shape index (κ3) is 7.59. The van der Waals surface area contributed by atoms with Crippen molar-refractivity contribution in [2.24, 2.45) is 0 Å². The van der Waals surface area contributed by atoms with Gasteiger partial charge in [0.2, 0.25) is 0 Å². The van der Waals surface area contributed by atoms with Gasteiger partial charge in [-0.25, -0.2) is 9.59 Å². The fourth-order valence-electron chi connectivity index (χ4n) is 3.82. The molecule has 2 aromatic carbocycles. The van der Waals surface area contributed by atoms with E-state index in [1.807, 2.05) is 24.3 Å². The Bertz CT molecular complexity index is 757. The van der Waals surface area contributed by atoms with E-state index < -0.39 is 0 Å². The van der Waals surface area contributed by atoms with Gasteiger partial charge in [0, 0.05) is 0 Å². The summed E-state index contributed by atoms with van der Waals surface area (Å²) in [6, 6.07) is 15.9. The number of hydrogen-bond acceptors (Lipinski definition) is 6. The van der Waals surface area contributed by atoms with E-state index in [0.717, 1.165) is 12.8 Å². The van der Waals surface area contributed by atoms with Crippen molar-refractivity contribution in [3.8, 4) is 11.5 Å². The summed E-state index contributed by atoms with van der Waals surface area (Å²) in [5.74, 6) is 1.23. The van der Waals surface area contributed by atoms with E-state index in [-0.39, 0.29) is 25.2 Å². The maximum atomic E-state index is 11.5. The smallest absolute Gasteiger partial charge is 0.344 e. The molecule has 0 bridgehead atoms. The molecule has 0 saturated heterocycles. The zero-order valence-electron chi connectivity index (χ0n) is 19.5. The molecule has 2 rings (SSSR count). The van der Waals surface area contributed by atoms with Gasteiger partial charge < -0.3 is 18.9 Å². The van der Waals surface area contributed by atoms with E-state index in [1.54, 1.807) is 13.8 Å². The normalized spacial score (nSPS) is 12.5. The number of carbonyl (C=O) groups excluding carboxylic acids is 2. The molecule has 0 aromatic heterocycles. The SMILES string of the molecule is CCOC(=O)COc1ccc([C@@H](CC)[C@H](CC)c2ccc(OCC(=O)OCC)cc2)cc1. The minimum atomic E-state index is -0.372. The molecular formula is C26H34O6. The van der Waals surface area contributed by atoms with E-state index in [0.29, 0.717) is 36.5 Å². The Kier molecular flexibility index (Phi) is 10.6. The maximum absolute atomic E-state index is 11.5. The Morgan fingerprint density at radius 2 is 0.969 bits per heavy atom. The zero-order valence-corrected chi connectivity index (χ0v) is 19.5. The van der Waals surface area contributed by atoms with Gasteiger partial charge in [0.05, 0.1) is 13.2 Å². The zero-order chi connectivity index (χ0) is 23.3. The van der Waals surface area contributed by atoms with E-state index in [9.17, 15) is 9.59 Å². The molecule has 0 aliphatic heterocycles. The minimum Gasteiger partial charge on any atom is -0.482 e. The van der Waals surface area contributed by atoms with Crippen molar-refractivity contribution in [3.05, 3.63) is 59.7 Å². The van der Waals surface area contributed by atoms with E-state index >= 15 is 0 Å². The Morgan fingerprint density at radius 1 is 0.625 bits per heavy atom. The molecule has 6 nitrogen and oxygen atoms in total. The number of carbonyl (C=O) groups is 2.